The molecule has 0 aromatic carbocycles. The highest BCUT2D eigenvalue weighted by molar-refractivity contribution is 5.03. The summed E-state index contributed by atoms with van der Waals surface area (Å²) in [5.41, 5.74) is 1.53. The second-order valence-corrected chi connectivity index (χ2v) is 4.12. The third-order valence-corrected chi connectivity index (χ3v) is 1.71. The molecule has 1 rings (SSSR count). The monoisotopic (exact) mass is 166 g/mol. The van der Waals surface area contributed by atoms with Crippen molar-refractivity contribution in [1.82, 2.24) is 10.3 Å². The van der Waals surface area contributed by atoms with E-state index >= 15 is 0 Å². The molecule has 0 spiro atoms. The van der Waals surface area contributed by atoms with E-state index in [-0.39, 0.29) is 5.54 Å². The summed E-state index contributed by atoms with van der Waals surface area (Å²) < 4.78 is 0. The van der Waals surface area contributed by atoms with Gasteiger partial charge in [-0.25, -0.2) is 0 Å². The Morgan fingerprint density at radius 3 is 2.67 bits per heavy atom. The van der Waals surface area contributed by atoms with Crippen LogP contribution in [0.4, 0.5) is 0 Å². The van der Waals surface area contributed by atoms with Crippen molar-refractivity contribution in [3.63, 3.8) is 0 Å². The van der Waals surface area contributed by atoms with E-state index in [1.807, 2.05) is 12.3 Å². The summed E-state index contributed by atoms with van der Waals surface area (Å²) in [4.78, 5) is 3.18. The van der Waals surface area contributed by atoms with E-state index in [2.05, 4.69) is 37.1 Å². The Kier molecular flexibility index (Phi) is 2.93. The van der Waals surface area contributed by atoms with Crippen molar-refractivity contribution in [3.8, 4) is 0 Å². The van der Waals surface area contributed by atoms with Gasteiger partial charge in [0.25, 0.3) is 0 Å². The second kappa shape index (κ2) is 3.76. The smallest absolute Gasteiger partial charge is 0.0159 e. The predicted octanol–water partition coefficient (Wildman–Crippen LogP) is 1.95. The van der Waals surface area contributed by atoms with Crippen LogP contribution >= 0.6 is 0 Å². The highest BCUT2D eigenvalue weighted by atomic mass is 14.9. The van der Waals surface area contributed by atoms with Gasteiger partial charge in [-0.3, -0.25) is 0 Å². The van der Waals surface area contributed by atoms with E-state index in [0.717, 1.165) is 13.0 Å². The molecular weight excluding hydrogens is 148 g/mol. The zero-order chi connectivity index (χ0) is 9.03. The summed E-state index contributed by atoms with van der Waals surface area (Å²) in [7, 11) is 0. The largest absolute Gasteiger partial charge is 0.365 e. The molecule has 0 fully saturated rings. The highest BCUT2D eigenvalue weighted by Crippen LogP contribution is 1.99. The molecule has 68 valence electrons. The number of H-pyrrole nitrogens is 1. The lowest BCUT2D eigenvalue weighted by atomic mass is 10.1. The van der Waals surface area contributed by atoms with Gasteiger partial charge < -0.3 is 10.3 Å². The van der Waals surface area contributed by atoms with Crippen LogP contribution in [0.1, 0.15) is 26.5 Å². The summed E-state index contributed by atoms with van der Waals surface area (Å²) in [5, 5.41) is 3.44. The Morgan fingerprint density at radius 2 is 2.17 bits per heavy atom. The van der Waals surface area contributed by atoms with Gasteiger partial charge in [-0.15, -0.1) is 0 Å². The molecule has 1 aromatic heterocycles. The van der Waals surface area contributed by atoms with Crippen LogP contribution in [0.3, 0.4) is 0 Å². The number of aromatic nitrogens is 1. The molecule has 0 unspecified atom stereocenters. The van der Waals surface area contributed by atoms with Crippen molar-refractivity contribution in [1.29, 1.82) is 0 Å². The van der Waals surface area contributed by atoms with Gasteiger partial charge in [0.15, 0.2) is 0 Å². The molecule has 12 heavy (non-hydrogen) atoms. The molecule has 2 N–H and O–H groups in total. The third kappa shape index (κ3) is 3.58. The molecule has 1 aromatic rings. The van der Waals surface area contributed by atoms with Crippen molar-refractivity contribution in [3.05, 3.63) is 24.0 Å². The molecular formula is C10H18N2. The van der Waals surface area contributed by atoms with Gasteiger partial charge in [-0.1, -0.05) is 0 Å². The van der Waals surface area contributed by atoms with Crippen molar-refractivity contribution < 1.29 is 0 Å². The lowest BCUT2D eigenvalue weighted by Crippen LogP contribution is -2.37. The molecule has 0 aliphatic rings. The molecule has 0 aliphatic carbocycles. The molecule has 1 heterocycles. The minimum Gasteiger partial charge on any atom is -0.365 e. The first-order valence-corrected chi connectivity index (χ1v) is 4.45. The van der Waals surface area contributed by atoms with Crippen molar-refractivity contribution in [2.75, 3.05) is 6.54 Å². The maximum absolute atomic E-state index is 3.44. The van der Waals surface area contributed by atoms with E-state index in [0.29, 0.717) is 0 Å². The van der Waals surface area contributed by atoms with Crippen LogP contribution in [0.15, 0.2) is 18.3 Å². The normalized spacial score (nSPS) is 11.9. The fourth-order valence-electron chi connectivity index (χ4n) is 1.10. The molecule has 0 saturated carbocycles. The fraction of sp³-hybridized carbons (Fsp3) is 0.600. The standard InChI is InChI=1S/C10H18N2/c1-10(2,3)12-8-6-9-5-4-7-11-9/h4-5,7,11-12H,6,8H2,1-3H3. The molecule has 0 radical (unpaired) electrons. The highest BCUT2D eigenvalue weighted by Gasteiger charge is 2.07. The first-order chi connectivity index (χ1) is 5.58. The van der Waals surface area contributed by atoms with Crippen molar-refractivity contribution >= 4 is 0 Å². The van der Waals surface area contributed by atoms with Gasteiger partial charge >= 0.3 is 0 Å². The van der Waals surface area contributed by atoms with Gasteiger partial charge in [-0.05, 0) is 39.3 Å². The van der Waals surface area contributed by atoms with Crippen LogP contribution in [-0.2, 0) is 6.42 Å². The van der Waals surface area contributed by atoms with Crippen LogP contribution in [0, 0.1) is 0 Å². The van der Waals surface area contributed by atoms with E-state index in [4.69, 9.17) is 0 Å². The molecule has 0 aliphatic heterocycles. The summed E-state index contributed by atoms with van der Waals surface area (Å²) >= 11 is 0. The van der Waals surface area contributed by atoms with Crippen molar-refractivity contribution in [2.24, 2.45) is 0 Å². The molecule has 2 nitrogen and oxygen atoms in total. The molecule has 2 heteroatoms. The average molecular weight is 166 g/mol. The fourth-order valence-corrected chi connectivity index (χ4v) is 1.10. The Morgan fingerprint density at radius 1 is 1.42 bits per heavy atom. The number of rotatable bonds is 3. The van der Waals surface area contributed by atoms with Crippen LogP contribution < -0.4 is 5.32 Å². The zero-order valence-corrected chi connectivity index (χ0v) is 8.15. The Bertz CT molecular complexity index is 206. The van der Waals surface area contributed by atoms with E-state index in [1.165, 1.54) is 5.69 Å². The van der Waals surface area contributed by atoms with E-state index < -0.39 is 0 Å². The number of hydrogen-bond donors (Lipinski definition) is 2. The molecule has 0 bridgehead atoms. The summed E-state index contributed by atoms with van der Waals surface area (Å²) in [6.45, 7) is 7.58. The quantitative estimate of drug-likeness (QED) is 0.705. The summed E-state index contributed by atoms with van der Waals surface area (Å²) in [6.07, 6.45) is 3.04. The van der Waals surface area contributed by atoms with E-state index in [9.17, 15) is 0 Å². The number of hydrogen-bond acceptors (Lipinski definition) is 1. The molecule has 0 atom stereocenters. The molecule has 0 amide bonds. The van der Waals surface area contributed by atoms with Crippen LogP contribution in [0.25, 0.3) is 0 Å². The van der Waals surface area contributed by atoms with Crippen LogP contribution in [0.2, 0.25) is 0 Å². The lowest BCUT2D eigenvalue weighted by molar-refractivity contribution is 0.429. The minimum atomic E-state index is 0.229. The van der Waals surface area contributed by atoms with Crippen LogP contribution in [0.5, 0.6) is 0 Å². The van der Waals surface area contributed by atoms with Gasteiger partial charge in [0, 0.05) is 24.0 Å². The minimum absolute atomic E-state index is 0.229. The Balaban J connectivity index is 2.20. The maximum atomic E-state index is 3.44. The SMILES string of the molecule is CC(C)(C)NCCc1ccc[nH]1. The number of aromatic amines is 1. The second-order valence-electron chi connectivity index (χ2n) is 4.12. The van der Waals surface area contributed by atoms with Gasteiger partial charge in [0.2, 0.25) is 0 Å². The topological polar surface area (TPSA) is 27.8 Å². The Labute approximate surface area is 74.4 Å². The van der Waals surface area contributed by atoms with Gasteiger partial charge in [0.1, 0.15) is 0 Å². The first-order valence-electron chi connectivity index (χ1n) is 4.45. The molecule has 0 saturated heterocycles. The maximum Gasteiger partial charge on any atom is 0.0159 e. The average Bonchev–Trinajstić information content (AvgIpc) is 2.36. The van der Waals surface area contributed by atoms with Crippen LogP contribution in [-0.4, -0.2) is 17.1 Å². The number of nitrogens with one attached hydrogen (secondary N) is 2. The third-order valence-electron chi connectivity index (χ3n) is 1.71. The lowest BCUT2D eigenvalue weighted by Gasteiger charge is -2.20. The Hall–Kier alpha value is -0.760. The predicted molar refractivity (Wildman–Crippen MR) is 52.3 cm³/mol. The summed E-state index contributed by atoms with van der Waals surface area (Å²) in [6, 6.07) is 4.15. The first kappa shape index (κ1) is 9.33. The van der Waals surface area contributed by atoms with Gasteiger partial charge in [-0.2, -0.15) is 0 Å². The van der Waals surface area contributed by atoms with E-state index in [1.54, 1.807) is 0 Å². The van der Waals surface area contributed by atoms with Gasteiger partial charge in [0.05, 0.1) is 0 Å². The summed E-state index contributed by atoms with van der Waals surface area (Å²) in [5.74, 6) is 0. The van der Waals surface area contributed by atoms with Crippen molar-refractivity contribution in [2.45, 2.75) is 32.7 Å². The zero-order valence-electron chi connectivity index (χ0n) is 8.15.